The Kier molecular flexibility index (Phi) is 4.57. The topological polar surface area (TPSA) is 33.1 Å². The van der Waals surface area contributed by atoms with Crippen molar-refractivity contribution >= 4 is 0 Å². The Balaban J connectivity index is 1.84. The summed E-state index contributed by atoms with van der Waals surface area (Å²) in [5.74, 6) is 1.11. The van der Waals surface area contributed by atoms with Crippen LogP contribution in [0.5, 0.6) is 0 Å². The van der Waals surface area contributed by atoms with Crippen molar-refractivity contribution in [3.05, 3.63) is 18.2 Å². The third-order valence-corrected chi connectivity index (χ3v) is 3.75. The molecule has 4 nitrogen and oxygen atoms in total. The summed E-state index contributed by atoms with van der Waals surface area (Å²) in [6.07, 6.45) is 6.60. The molecule has 0 saturated carbocycles. The summed E-state index contributed by atoms with van der Waals surface area (Å²) in [5, 5.41) is 3.49. The Morgan fingerprint density at radius 3 is 3.06 bits per heavy atom. The van der Waals surface area contributed by atoms with Crippen LogP contribution in [0.1, 0.15) is 25.6 Å². The van der Waals surface area contributed by atoms with Crippen LogP contribution in [-0.2, 0) is 6.54 Å². The summed E-state index contributed by atoms with van der Waals surface area (Å²) >= 11 is 0. The summed E-state index contributed by atoms with van der Waals surface area (Å²) in [6, 6.07) is 0.720. The zero-order chi connectivity index (χ0) is 12.1. The summed E-state index contributed by atoms with van der Waals surface area (Å²) in [7, 11) is 0. The average Bonchev–Trinajstić information content (AvgIpc) is 2.77. The van der Waals surface area contributed by atoms with Crippen LogP contribution in [0.2, 0.25) is 0 Å². The van der Waals surface area contributed by atoms with E-state index in [1.54, 1.807) is 0 Å². The minimum atomic E-state index is 0.720. The van der Waals surface area contributed by atoms with Crippen molar-refractivity contribution in [2.24, 2.45) is 0 Å². The van der Waals surface area contributed by atoms with Gasteiger partial charge < -0.3 is 9.88 Å². The van der Waals surface area contributed by atoms with Crippen LogP contribution in [0, 0.1) is 6.92 Å². The van der Waals surface area contributed by atoms with Gasteiger partial charge in [-0.3, -0.25) is 4.90 Å². The normalized spacial score (nSPS) is 21.0. The van der Waals surface area contributed by atoms with Gasteiger partial charge in [0.15, 0.2) is 0 Å². The molecule has 0 radical (unpaired) electrons. The van der Waals surface area contributed by atoms with Crippen LogP contribution in [-0.4, -0.2) is 46.7 Å². The second kappa shape index (κ2) is 6.17. The molecule has 1 N–H and O–H groups in total. The van der Waals surface area contributed by atoms with Gasteiger partial charge in [-0.1, -0.05) is 6.92 Å². The summed E-state index contributed by atoms with van der Waals surface area (Å²) in [4.78, 5) is 6.85. The zero-order valence-corrected chi connectivity index (χ0v) is 11.0. The summed E-state index contributed by atoms with van der Waals surface area (Å²) in [5.41, 5.74) is 0. The van der Waals surface area contributed by atoms with Gasteiger partial charge in [0.2, 0.25) is 0 Å². The van der Waals surface area contributed by atoms with Gasteiger partial charge in [-0.2, -0.15) is 0 Å². The third-order valence-electron chi connectivity index (χ3n) is 3.75. The first-order chi connectivity index (χ1) is 8.31. The lowest BCUT2D eigenvalue weighted by molar-refractivity contribution is 0.168. The molecule has 96 valence electrons. The van der Waals surface area contributed by atoms with Crippen molar-refractivity contribution in [2.75, 3.05) is 26.2 Å². The third kappa shape index (κ3) is 3.30. The molecule has 0 aliphatic carbocycles. The fourth-order valence-corrected chi connectivity index (χ4v) is 2.62. The molecular formula is C13H24N4. The molecule has 17 heavy (non-hydrogen) atoms. The van der Waals surface area contributed by atoms with Gasteiger partial charge in [-0.05, 0) is 32.9 Å². The maximum absolute atomic E-state index is 4.27. The molecule has 0 spiro atoms. The lowest BCUT2D eigenvalue weighted by Crippen LogP contribution is -2.46. The largest absolute Gasteiger partial charge is 0.334 e. The number of hydrogen-bond donors (Lipinski definition) is 1. The second-order valence-corrected chi connectivity index (χ2v) is 4.80. The van der Waals surface area contributed by atoms with Crippen molar-refractivity contribution in [2.45, 2.75) is 39.3 Å². The van der Waals surface area contributed by atoms with E-state index in [-0.39, 0.29) is 0 Å². The summed E-state index contributed by atoms with van der Waals surface area (Å²) in [6.45, 7) is 9.98. The SMILES string of the molecule is CCN(CCn1ccnc1C)C1CCCNC1. The first-order valence-electron chi connectivity index (χ1n) is 6.73. The van der Waals surface area contributed by atoms with Crippen molar-refractivity contribution in [3.8, 4) is 0 Å². The molecule has 1 atom stereocenters. The van der Waals surface area contributed by atoms with E-state index in [1.807, 2.05) is 6.20 Å². The van der Waals surface area contributed by atoms with E-state index in [0.717, 1.165) is 38.0 Å². The van der Waals surface area contributed by atoms with Gasteiger partial charge in [0.1, 0.15) is 5.82 Å². The zero-order valence-electron chi connectivity index (χ0n) is 11.0. The molecule has 2 heterocycles. The van der Waals surface area contributed by atoms with Gasteiger partial charge in [-0.15, -0.1) is 0 Å². The van der Waals surface area contributed by atoms with E-state index in [1.165, 1.54) is 19.4 Å². The van der Waals surface area contributed by atoms with E-state index >= 15 is 0 Å². The standard InChI is InChI=1S/C13H24N4/c1-3-16(13-5-4-6-14-11-13)9-10-17-8-7-15-12(17)2/h7-8,13-14H,3-6,9-11H2,1-2H3. The number of aryl methyl sites for hydroxylation is 1. The van der Waals surface area contributed by atoms with E-state index in [2.05, 4.69) is 39.8 Å². The molecule has 0 amide bonds. The number of likely N-dealkylation sites (N-methyl/N-ethyl adjacent to an activating group) is 1. The maximum Gasteiger partial charge on any atom is 0.105 e. The molecule has 1 aromatic rings. The van der Waals surface area contributed by atoms with E-state index < -0.39 is 0 Å². The Morgan fingerprint density at radius 2 is 2.47 bits per heavy atom. The molecular weight excluding hydrogens is 212 g/mol. The van der Waals surface area contributed by atoms with Crippen molar-refractivity contribution < 1.29 is 0 Å². The molecule has 1 aliphatic heterocycles. The van der Waals surface area contributed by atoms with Crippen LogP contribution in [0.3, 0.4) is 0 Å². The predicted molar refractivity (Wildman–Crippen MR) is 70.1 cm³/mol. The van der Waals surface area contributed by atoms with Gasteiger partial charge >= 0.3 is 0 Å². The molecule has 1 unspecified atom stereocenters. The van der Waals surface area contributed by atoms with Crippen LogP contribution < -0.4 is 5.32 Å². The molecule has 1 saturated heterocycles. The molecule has 0 aromatic carbocycles. The lowest BCUT2D eigenvalue weighted by atomic mass is 10.1. The Labute approximate surface area is 104 Å². The van der Waals surface area contributed by atoms with Crippen LogP contribution >= 0.6 is 0 Å². The Bertz CT molecular complexity index is 328. The monoisotopic (exact) mass is 236 g/mol. The fraction of sp³-hybridized carbons (Fsp3) is 0.769. The summed E-state index contributed by atoms with van der Waals surface area (Å²) < 4.78 is 2.24. The van der Waals surface area contributed by atoms with Crippen molar-refractivity contribution in [3.63, 3.8) is 0 Å². The maximum atomic E-state index is 4.27. The van der Waals surface area contributed by atoms with Gasteiger partial charge in [0.25, 0.3) is 0 Å². The minimum absolute atomic E-state index is 0.720. The number of nitrogens with zero attached hydrogens (tertiary/aromatic N) is 3. The smallest absolute Gasteiger partial charge is 0.105 e. The van der Waals surface area contributed by atoms with E-state index in [9.17, 15) is 0 Å². The molecule has 1 aromatic heterocycles. The quantitative estimate of drug-likeness (QED) is 0.835. The number of piperidine rings is 1. The average molecular weight is 236 g/mol. The first kappa shape index (κ1) is 12.6. The molecule has 1 fully saturated rings. The predicted octanol–water partition coefficient (Wildman–Crippen LogP) is 1.27. The van der Waals surface area contributed by atoms with Gasteiger partial charge in [0.05, 0.1) is 0 Å². The van der Waals surface area contributed by atoms with Crippen molar-refractivity contribution in [1.82, 2.24) is 19.8 Å². The van der Waals surface area contributed by atoms with Crippen LogP contribution in [0.25, 0.3) is 0 Å². The highest BCUT2D eigenvalue weighted by Crippen LogP contribution is 2.10. The van der Waals surface area contributed by atoms with Crippen LogP contribution in [0.4, 0.5) is 0 Å². The lowest BCUT2D eigenvalue weighted by Gasteiger charge is -2.34. The number of imidazole rings is 1. The molecule has 1 aliphatic rings. The fourth-order valence-electron chi connectivity index (χ4n) is 2.62. The van der Waals surface area contributed by atoms with E-state index in [4.69, 9.17) is 0 Å². The number of aromatic nitrogens is 2. The molecule has 4 heteroatoms. The number of nitrogens with one attached hydrogen (secondary N) is 1. The number of rotatable bonds is 5. The van der Waals surface area contributed by atoms with Gasteiger partial charge in [-0.25, -0.2) is 4.98 Å². The second-order valence-electron chi connectivity index (χ2n) is 4.80. The minimum Gasteiger partial charge on any atom is -0.334 e. The Morgan fingerprint density at radius 1 is 1.59 bits per heavy atom. The number of hydrogen-bond acceptors (Lipinski definition) is 3. The highest BCUT2D eigenvalue weighted by molar-refractivity contribution is 4.89. The Hall–Kier alpha value is -0.870. The van der Waals surface area contributed by atoms with Crippen molar-refractivity contribution in [1.29, 1.82) is 0 Å². The first-order valence-corrected chi connectivity index (χ1v) is 6.73. The van der Waals surface area contributed by atoms with Gasteiger partial charge in [0, 0.05) is 38.1 Å². The molecule has 2 rings (SSSR count). The highest BCUT2D eigenvalue weighted by Gasteiger charge is 2.19. The highest BCUT2D eigenvalue weighted by atomic mass is 15.2. The van der Waals surface area contributed by atoms with Crippen LogP contribution in [0.15, 0.2) is 12.4 Å². The molecule has 0 bridgehead atoms. The van der Waals surface area contributed by atoms with E-state index in [0.29, 0.717) is 0 Å².